The molecule has 202 valence electrons. The molecule has 0 spiro atoms. The first-order valence-electron chi connectivity index (χ1n) is 11.1. The summed E-state index contributed by atoms with van der Waals surface area (Å²) in [6.45, 7) is 16.5. The van der Waals surface area contributed by atoms with Crippen molar-refractivity contribution in [3.8, 4) is 0 Å². The van der Waals surface area contributed by atoms with Gasteiger partial charge in [-0.25, -0.2) is 0 Å². The van der Waals surface area contributed by atoms with Crippen molar-refractivity contribution in [1.82, 2.24) is 0 Å². The molecule has 0 unspecified atom stereocenters. The van der Waals surface area contributed by atoms with Crippen molar-refractivity contribution in [2.45, 2.75) is 111 Å². The van der Waals surface area contributed by atoms with Gasteiger partial charge in [-0.1, -0.05) is 41.5 Å². The number of aliphatic hydroxyl groups is 1. The fourth-order valence-corrected chi connectivity index (χ4v) is 1.50. The van der Waals surface area contributed by atoms with Gasteiger partial charge in [0, 0.05) is 37.2 Å². The van der Waals surface area contributed by atoms with E-state index in [9.17, 15) is 0 Å². The van der Waals surface area contributed by atoms with Crippen LogP contribution < -0.4 is 13.3 Å². The molecule has 4 aliphatic heterocycles. The molecule has 0 aromatic carbocycles. The summed E-state index contributed by atoms with van der Waals surface area (Å²) in [6.07, 6.45) is 9.02. The maximum atomic E-state index is 8.67. The third-order valence-electron chi connectivity index (χ3n) is 4.37. The predicted molar refractivity (Wildman–Crippen MR) is 178 cm³/mol. The molecule has 0 aromatic heterocycles. The van der Waals surface area contributed by atoms with Crippen molar-refractivity contribution in [3.05, 3.63) is 0 Å². The molecule has 11 heteroatoms. The second-order valence-corrected chi connectivity index (χ2v) is 23.2. The van der Waals surface area contributed by atoms with Crippen molar-refractivity contribution in [2.24, 2.45) is 0 Å². The van der Waals surface area contributed by atoms with Crippen LogP contribution in [0.25, 0.3) is 0 Å². The third kappa shape index (κ3) is 47.4. The number of hydrogen-bond acceptors (Lipinski definition) is 5. The van der Waals surface area contributed by atoms with Crippen molar-refractivity contribution in [1.29, 1.82) is 0 Å². The average Bonchev–Trinajstić information content (AvgIpc) is 3.69. The normalized spacial score (nSPS) is 24.1. The summed E-state index contributed by atoms with van der Waals surface area (Å²) in [6, 6.07) is 0. The molecule has 0 bridgehead atoms. The second-order valence-electron chi connectivity index (χ2n) is 6.98. The number of aliphatic hydroxyl groups excluding tert-OH is 1. The molecule has 0 radical (unpaired) electrons. The fourth-order valence-electron chi connectivity index (χ4n) is 1.50. The summed E-state index contributed by atoms with van der Waals surface area (Å²) in [5, 5.41) is 8.67. The van der Waals surface area contributed by atoms with Gasteiger partial charge in [-0.3, -0.25) is 0 Å². The van der Waals surface area contributed by atoms with Gasteiger partial charge < -0.3 is 24.1 Å². The van der Waals surface area contributed by atoms with Gasteiger partial charge in [0.05, 0.1) is 56.9 Å². The average molecular weight is 1140 g/mol. The Hall–Kier alpha value is 4.18. The van der Waals surface area contributed by atoms with E-state index in [0.29, 0.717) is 37.7 Å². The molecule has 4 fully saturated rings. The standard InChI is InChI=1S/C5H12O.4C4H8O.I3.I2.HI/c1-3-5(6)4-2;4*1-2-4-3-5-4;1-3-2;1-2;/h5-6H,3-4H2,1-2H3;4*4H,2-3H2,1H3;;;1H/q;;;;;-1;;/t;4*4-;;;/m.1110.../s1. The summed E-state index contributed by atoms with van der Waals surface area (Å²) >= 11 is 9.54. The topological polar surface area (TPSA) is 70.3 Å². The van der Waals surface area contributed by atoms with E-state index in [0.717, 1.165) is 39.3 Å². The number of halogens is 6. The van der Waals surface area contributed by atoms with Gasteiger partial charge in [0.2, 0.25) is 0 Å². The van der Waals surface area contributed by atoms with E-state index in [1.807, 2.05) is 13.8 Å². The molecule has 4 saturated heterocycles. The molecule has 32 heavy (non-hydrogen) atoms. The van der Waals surface area contributed by atoms with Crippen molar-refractivity contribution in [2.75, 3.05) is 26.4 Å². The first kappa shape index (κ1) is 43.2. The zero-order valence-corrected chi connectivity index (χ0v) is 33.5. The van der Waals surface area contributed by atoms with Gasteiger partial charge in [0.15, 0.2) is 0 Å². The number of rotatable bonds is 6. The molecular weight excluding hydrogens is 1090 g/mol. The van der Waals surface area contributed by atoms with Crippen LogP contribution in [-0.4, -0.2) is 62.1 Å². The SMILES string of the molecule is CCC(O)CC.CC[C@@H]1CO1.CC[C@@H]1CO1.CC[C@@H]1CO1.CC[C@H]1CO1.I.II.I[I-]I. The Labute approximate surface area is 268 Å². The van der Waals surface area contributed by atoms with E-state index in [2.05, 4.69) is 102 Å². The summed E-state index contributed by atoms with van der Waals surface area (Å²) < 4.78 is 19.4. The van der Waals surface area contributed by atoms with Gasteiger partial charge in [-0.05, 0) is 38.5 Å². The van der Waals surface area contributed by atoms with Crippen molar-refractivity contribution in [3.63, 3.8) is 0 Å². The first-order valence-corrected chi connectivity index (χ1v) is 30.0. The van der Waals surface area contributed by atoms with Crippen molar-refractivity contribution >= 4 is 98.4 Å². The molecule has 4 rings (SSSR count). The molecule has 0 aromatic rings. The van der Waals surface area contributed by atoms with Crippen molar-refractivity contribution < 1.29 is 37.3 Å². The monoisotopic (exact) mass is 1140 g/mol. The van der Waals surface area contributed by atoms with E-state index in [1.165, 1.54) is 25.7 Å². The van der Waals surface area contributed by atoms with Crippen LogP contribution in [0.2, 0.25) is 0 Å². The Morgan fingerprint density at radius 1 is 0.656 bits per heavy atom. The van der Waals surface area contributed by atoms with Gasteiger partial charge in [-0.15, -0.1) is 24.0 Å². The number of epoxide rings is 4. The molecule has 0 amide bonds. The summed E-state index contributed by atoms with van der Waals surface area (Å²) in [5.41, 5.74) is 0. The fraction of sp³-hybridized carbons (Fsp3) is 1.00. The summed E-state index contributed by atoms with van der Waals surface area (Å²) in [4.78, 5) is 0. The zero-order chi connectivity index (χ0) is 24.5. The Kier molecular flexibility index (Phi) is 47.5. The minimum absolute atomic E-state index is 0. The first-order chi connectivity index (χ1) is 14.9. The molecule has 0 saturated carbocycles. The molecule has 4 aliphatic rings. The van der Waals surface area contributed by atoms with Gasteiger partial charge in [-0.2, -0.15) is 0 Å². The van der Waals surface area contributed by atoms with Gasteiger partial charge >= 0.3 is 50.5 Å². The number of ether oxygens (including phenoxy) is 4. The van der Waals surface area contributed by atoms with E-state index in [-0.39, 0.29) is 30.1 Å². The van der Waals surface area contributed by atoms with E-state index < -0.39 is 0 Å². The van der Waals surface area contributed by atoms with Crippen LogP contribution in [0, 0.1) is 0 Å². The zero-order valence-electron chi connectivity index (χ0n) is 20.3. The maximum absolute atomic E-state index is 8.67. The van der Waals surface area contributed by atoms with Crippen LogP contribution in [0.5, 0.6) is 0 Å². The van der Waals surface area contributed by atoms with Crippen LogP contribution in [-0.2, 0) is 18.9 Å². The Morgan fingerprint density at radius 3 is 0.812 bits per heavy atom. The number of hydrogen-bond donors (Lipinski definition) is 1. The molecule has 5 nitrogen and oxygen atoms in total. The van der Waals surface area contributed by atoms with Crippen LogP contribution in [0.4, 0.5) is 0 Å². The van der Waals surface area contributed by atoms with Crippen LogP contribution in [0.15, 0.2) is 0 Å². The van der Waals surface area contributed by atoms with E-state index in [1.54, 1.807) is 0 Å². The summed E-state index contributed by atoms with van der Waals surface area (Å²) in [7, 11) is 0. The van der Waals surface area contributed by atoms with Crippen LogP contribution in [0.3, 0.4) is 0 Å². The molecule has 4 atom stereocenters. The Balaban J connectivity index is -0.000000145. The van der Waals surface area contributed by atoms with Gasteiger partial charge in [0.25, 0.3) is 0 Å². The predicted octanol–water partition coefficient (Wildman–Crippen LogP) is 5.51. The minimum atomic E-state index is -0.0648. The van der Waals surface area contributed by atoms with Gasteiger partial charge in [0.1, 0.15) is 0 Å². The molecule has 4 heterocycles. The molecular formula is C21H45I6O5-. The van der Waals surface area contributed by atoms with E-state index in [4.69, 9.17) is 24.1 Å². The summed E-state index contributed by atoms with van der Waals surface area (Å²) in [5.74, 6) is 0. The molecule has 0 aliphatic carbocycles. The van der Waals surface area contributed by atoms with Crippen LogP contribution >= 0.6 is 98.4 Å². The Morgan fingerprint density at radius 2 is 0.812 bits per heavy atom. The molecule has 1 N–H and O–H groups in total. The quantitative estimate of drug-likeness (QED) is 0.281. The van der Waals surface area contributed by atoms with Crippen LogP contribution in [0.1, 0.15) is 80.1 Å². The third-order valence-corrected chi connectivity index (χ3v) is 4.37. The van der Waals surface area contributed by atoms with E-state index >= 15 is 0 Å². The Bertz CT molecular complexity index is 267. The second kappa shape index (κ2) is 35.2.